The van der Waals surface area contributed by atoms with Crippen LogP contribution in [0.3, 0.4) is 0 Å². The number of hydrogen-bond donors (Lipinski definition) is 3. The van der Waals surface area contributed by atoms with Crippen molar-refractivity contribution in [1.82, 2.24) is 4.98 Å². The average molecular weight is 499 g/mol. The number of fused-ring (bicyclic) bond motifs is 2. The fraction of sp³-hybridized carbons (Fsp3) is 0.385. The monoisotopic (exact) mass is 498 g/mol. The highest BCUT2D eigenvalue weighted by Gasteiger charge is 2.27. The van der Waals surface area contributed by atoms with E-state index in [2.05, 4.69) is 10.3 Å². The molecule has 2 heterocycles. The quantitative estimate of drug-likeness (QED) is 0.387. The summed E-state index contributed by atoms with van der Waals surface area (Å²) in [5, 5.41) is 3.57. The predicted octanol–water partition coefficient (Wildman–Crippen LogP) is 1.96. The van der Waals surface area contributed by atoms with Gasteiger partial charge in [-0.1, -0.05) is 0 Å². The largest absolute Gasteiger partial charge is 0.493 e. The van der Waals surface area contributed by atoms with Gasteiger partial charge in [0.25, 0.3) is 5.91 Å². The van der Waals surface area contributed by atoms with E-state index >= 15 is 0 Å². The molecule has 0 fully saturated rings. The summed E-state index contributed by atoms with van der Waals surface area (Å²) in [6.07, 6.45) is 0.816. The number of ether oxygens (including phenoxy) is 5. The number of H-pyrrole nitrogens is 1. The van der Waals surface area contributed by atoms with E-state index in [1.807, 2.05) is 12.1 Å². The Kier molecular flexibility index (Phi) is 7.54. The van der Waals surface area contributed by atoms with Gasteiger partial charge < -0.3 is 38.9 Å². The second kappa shape index (κ2) is 10.8. The van der Waals surface area contributed by atoms with Crippen molar-refractivity contribution in [1.29, 1.82) is 0 Å². The summed E-state index contributed by atoms with van der Waals surface area (Å²) in [4.78, 5) is 30.0. The molecule has 10 heteroatoms. The number of esters is 1. The maximum absolute atomic E-state index is 13.2. The molecule has 3 aromatic rings. The summed E-state index contributed by atoms with van der Waals surface area (Å²) in [5.74, 6) is 1.59. The molecular weight excluding hydrogens is 466 g/mol. The molecule has 1 aliphatic heterocycles. The number of anilines is 1. The Morgan fingerprint density at radius 3 is 2.17 bits per heavy atom. The van der Waals surface area contributed by atoms with Gasteiger partial charge in [-0.3, -0.25) is 4.79 Å². The number of methoxy groups -OCH3 is 4. The second-order valence-corrected chi connectivity index (χ2v) is 8.48. The lowest BCUT2D eigenvalue weighted by Crippen LogP contribution is -3.12. The molecule has 192 valence electrons. The standard InChI is InChI=1S/C26H31N3O7/c1-6-36-26(31)25-24(17-11-21(34-4)22(35-5)12-18(17)27-25)28-23(30)14-29-8-7-15-9-19(32-2)20(33-3)10-16(15)13-29/h9-12,27H,6-8,13-14H2,1-5H3,(H,28,30)/p+1. The lowest BCUT2D eigenvalue weighted by atomic mass is 9.99. The van der Waals surface area contributed by atoms with Gasteiger partial charge in [-0.25, -0.2) is 4.79 Å². The molecule has 0 bridgehead atoms. The van der Waals surface area contributed by atoms with E-state index in [1.165, 1.54) is 19.8 Å². The van der Waals surface area contributed by atoms with Gasteiger partial charge in [0.05, 0.1) is 52.8 Å². The molecule has 0 radical (unpaired) electrons. The number of nitrogens with one attached hydrogen (secondary N) is 3. The molecule has 0 aliphatic carbocycles. The minimum atomic E-state index is -0.553. The Hall–Kier alpha value is -3.92. The third-order valence-corrected chi connectivity index (χ3v) is 6.35. The average Bonchev–Trinajstić information content (AvgIpc) is 3.23. The maximum Gasteiger partial charge on any atom is 0.356 e. The van der Waals surface area contributed by atoms with E-state index in [4.69, 9.17) is 23.7 Å². The van der Waals surface area contributed by atoms with E-state index in [-0.39, 0.29) is 24.8 Å². The number of carbonyl (C=O) groups excluding carboxylic acids is 2. The summed E-state index contributed by atoms with van der Waals surface area (Å²) in [6, 6.07) is 7.43. The molecule has 4 rings (SSSR count). The Morgan fingerprint density at radius 1 is 0.917 bits per heavy atom. The van der Waals surface area contributed by atoms with E-state index in [9.17, 15) is 9.59 Å². The van der Waals surface area contributed by atoms with Crippen LogP contribution in [0.2, 0.25) is 0 Å². The van der Waals surface area contributed by atoms with Crippen molar-refractivity contribution in [2.75, 3.05) is 53.5 Å². The zero-order chi connectivity index (χ0) is 25.8. The first-order chi connectivity index (χ1) is 17.4. The highest BCUT2D eigenvalue weighted by Crippen LogP contribution is 2.37. The molecule has 1 atom stereocenters. The van der Waals surface area contributed by atoms with Crippen LogP contribution in [0.5, 0.6) is 23.0 Å². The van der Waals surface area contributed by atoms with Crippen molar-refractivity contribution < 1.29 is 38.2 Å². The van der Waals surface area contributed by atoms with Crippen LogP contribution in [0, 0.1) is 0 Å². The molecule has 1 aromatic heterocycles. The third-order valence-electron chi connectivity index (χ3n) is 6.35. The van der Waals surface area contributed by atoms with Crippen LogP contribution in [0.4, 0.5) is 5.69 Å². The van der Waals surface area contributed by atoms with Crippen molar-refractivity contribution in [3.8, 4) is 23.0 Å². The summed E-state index contributed by atoms with van der Waals surface area (Å²) in [7, 11) is 6.30. The molecule has 1 unspecified atom stereocenters. The van der Waals surface area contributed by atoms with Gasteiger partial charge in [-0.2, -0.15) is 0 Å². The van der Waals surface area contributed by atoms with Crippen molar-refractivity contribution in [2.24, 2.45) is 0 Å². The first kappa shape index (κ1) is 25.2. The topological polar surface area (TPSA) is 113 Å². The number of carbonyl (C=O) groups is 2. The van der Waals surface area contributed by atoms with Crippen LogP contribution >= 0.6 is 0 Å². The highest BCUT2D eigenvalue weighted by atomic mass is 16.5. The van der Waals surface area contributed by atoms with Gasteiger partial charge in [-0.15, -0.1) is 0 Å². The Balaban J connectivity index is 1.58. The zero-order valence-electron chi connectivity index (χ0n) is 21.2. The first-order valence-electron chi connectivity index (χ1n) is 11.7. The number of amides is 1. The highest BCUT2D eigenvalue weighted by molar-refractivity contribution is 6.11. The molecule has 1 aliphatic rings. The summed E-state index contributed by atoms with van der Waals surface area (Å²) < 4.78 is 26.9. The summed E-state index contributed by atoms with van der Waals surface area (Å²) in [5.41, 5.74) is 3.46. The van der Waals surface area contributed by atoms with E-state index < -0.39 is 5.97 Å². The fourth-order valence-corrected chi connectivity index (χ4v) is 4.60. The van der Waals surface area contributed by atoms with Crippen LogP contribution in [0.25, 0.3) is 10.9 Å². The summed E-state index contributed by atoms with van der Waals surface area (Å²) >= 11 is 0. The lowest BCUT2D eigenvalue weighted by molar-refractivity contribution is -0.907. The van der Waals surface area contributed by atoms with Crippen molar-refractivity contribution in [2.45, 2.75) is 19.9 Å². The van der Waals surface area contributed by atoms with Gasteiger partial charge in [0.1, 0.15) is 12.2 Å². The minimum absolute atomic E-state index is 0.173. The van der Waals surface area contributed by atoms with Crippen molar-refractivity contribution in [3.63, 3.8) is 0 Å². The molecular formula is C26H32N3O7+. The summed E-state index contributed by atoms with van der Waals surface area (Å²) in [6.45, 7) is 3.63. The van der Waals surface area contributed by atoms with E-state index in [0.717, 1.165) is 23.4 Å². The predicted molar refractivity (Wildman–Crippen MR) is 134 cm³/mol. The molecule has 0 saturated heterocycles. The second-order valence-electron chi connectivity index (χ2n) is 8.48. The van der Waals surface area contributed by atoms with Crippen LogP contribution < -0.4 is 29.2 Å². The maximum atomic E-state index is 13.2. The SMILES string of the molecule is CCOC(=O)c1[nH]c2cc(OC)c(OC)cc2c1NC(=O)C[NH+]1CCc2cc(OC)c(OC)cc2C1. The van der Waals surface area contributed by atoms with Gasteiger partial charge in [0.15, 0.2) is 29.5 Å². The number of aromatic nitrogens is 1. The first-order valence-corrected chi connectivity index (χ1v) is 11.7. The van der Waals surface area contributed by atoms with Gasteiger partial charge in [-0.05, 0) is 30.7 Å². The van der Waals surface area contributed by atoms with Gasteiger partial charge >= 0.3 is 5.97 Å². The van der Waals surface area contributed by atoms with E-state index in [0.29, 0.717) is 46.1 Å². The number of hydrogen-bond acceptors (Lipinski definition) is 7. The van der Waals surface area contributed by atoms with Crippen molar-refractivity contribution >= 4 is 28.5 Å². The lowest BCUT2D eigenvalue weighted by Gasteiger charge is -2.26. The molecule has 36 heavy (non-hydrogen) atoms. The molecule has 0 spiro atoms. The number of quaternary nitrogens is 1. The number of rotatable bonds is 9. The minimum Gasteiger partial charge on any atom is -0.493 e. The van der Waals surface area contributed by atoms with Crippen LogP contribution in [-0.4, -0.2) is 65.0 Å². The number of benzene rings is 2. The van der Waals surface area contributed by atoms with Crippen LogP contribution in [0.1, 0.15) is 28.5 Å². The molecule has 3 N–H and O–H groups in total. The molecule has 2 aromatic carbocycles. The normalized spacial score (nSPS) is 14.6. The Morgan fingerprint density at radius 2 is 1.53 bits per heavy atom. The Bertz CT molecular complexity index is 1280. The van der Waals surface area contributed by atoms with Crippen molar-refractivity contribution in [3.05, 3.63) is 41.1 Å². The third kappa shape index (κ3) is 4.90. The van der Waals surface area contributed by atoms with E-state index in [1.54, 1.807) is 33.3 Å². The smallest absolute Gasteiger partial charge is 0.356 e. The Labute approximate surface area is 209 Å². The fourth-order valence-electron chi connectivity index (χ4n) is 4.60. The van der Waals surface area contributed by atoms with Gasteiger partial charge in [0.2, 0.25) is 0 Å². The molecule has 0 saturated carbocycles. The van der Waals surface area contributed by atoms with Crippen LogP contribution in [0.15, 0.2) is 24.3 Å². The molecule has 1 amide bonds. The molecule has 10 nitrogen and oxygen atoms in total. The van der Waals surface area contributed by atoms with Gasteiger partial charge in [0, 0.05) is 23.4 Å². The zero-order valence-corrected chi connectivity index (χ0v) is 21.2. The number of aromatic amines is 1. The van der Waals surface area contributed by atoms with Crippen LogP contribution in [-0.2, 0) is 22.5 Å².